The Morgan fingerprint density at radius 1 is 1.33 bits per heavy atom. The Labute approximate surface area is 108 Å². The number of nitrogens with two attached hydrogens (primary N) is 1. The highest BCUT2D eigenvalue weighted by Gasteiger charge is 2.09. The van der Waals surface area contributed by atoms with Gasteiger partial charge in [-0.25, -0.2) is 13.1 Å². The monoisotopic (exact) mass is 272 g/mol. The molecule has 6 heteroatoms. The smallest absolute Gasteiger partial charge is 0.211 e. The molecule has 0 unspecified atom stereocenters. The predicted molar refractivity (Wildman–Crippen MR) is 71.5 cm³/mol. The molecule has 0 heterocycles. The fourth-order valence-corrected chi connectivity index (χ4v) is 2.55. The van der Waals surface area contributed by atoms with Gasteiger partial charge in [-0.05, 0) is 17.5 Å². The predicted octanol–water partition coefficient (Wildman–Crippen LogP) is 0.601. The summed E-state index contributed by atoms with van der Waals surface area (Å²) in [6, 6.07) is 7.56. The molecule has 102 valence electrons. The Bertz CT molecular complexity index is 460. The second kappa shape index (κ2) is 7.48. The van der Waals surface area contributed by atoms with Crippen molar-refractivity contribution in [3.63, 3.8) is 0 Å². The van der Waals surface area contributed by atoms with E-state index in [0.717, 1.165) is 11.1 Å². The van der Waals surface area contributed by atoms with Crippen LogP contribution in [0.25, 0.3) is 0 Å². The van der Waals surface area contributed by atoms with Crippen LogP contribution in [0.5, 0.6) is 0 Å². The number of benzene rings is 1. The van der Waals surface area contributed by atoms with Crippen molar-refractivity contribution in [3.8, 4) is 0 Å². The topological polar surface area (TPSA) is 81.4 Å². The zero-order valence-corrected chi connectivity index (χ0v) is 11.4. The molecule has 0 spiro atoms. The van der Waals surface area contributed by atoms with Gasteiger partial charge >= 0.3 is 0 Å². The van der Waals surface area contributed by atoms with Crippen LogP contribution in [-0.2, 0) is 27.8 Å². The molecule has 0 aromatic heterocycles. The van der Waals surface area contributed by atoms with Gasteiger partial charge in [-0.2, -0.15) is 0 Å². The van der Waals surface area contributed by atoms with Crippen molar-refractivity contribution >= 4 is 10.0 Å². The summed E-state index contributed by atoms with van der Waals surface area (Å²) in [6.07, 6.45) is 0.495. The normalized spacial score (nSPS) is 11.7. The number of hydrogen-bond donors (Lipinski definition) is 2. The van der Waals surface area contributed by atoms with Gasteiger partial charge in [0.15, 0.2) is 0 Å². The van der Waals surface area contributed by atoms with Gasteiger partial charge < -0.3 is 10.5 Å². The first-order valence-electron chi connectivity index (χ1n) is 5.81. The van der Waals surface area contributed by atoms with E-state index in [4.69, 9.17) is 10.5 Å². The maximum absolute atomic E-state index is 11.6. The molecule has 1 aromatic rings. The van der Waals surface area contributed by atoms with Crippen LogP contribution >= 0.6 is 0 Å². The standard InChI is InChI=1S/C12H20N2O3S/c1-17-6-3-7-18(15,16)14-10-12-5-2-4-11(8-12)9-13/h2,4-5,8,14H,3,6-7,9-10,13H2,1H3. The molecular weight excluding hydrogens is 252 g/mol. The Morgan fingerprint density at radius 3 is 2.72 bits per heavy atom. The highest BCUT2D eigenvalue weighted by molar-refractivity contribution is 7.89. The Morgan fingerprint density at radius 2 is 2.06 bits per heavy atom. The first-order valence-corrected chi connectivity index (χ1v) is 7.47. The second-order valence-electron chi connectivity index (χ2n) is 4.01. The van der Waals surface area contributed by atoms with Crippen LogP contribution in [0.3, 0.4) is 0 Å². The number of nitrogens with one attached hydrogen (secondary N) is 1. The minimum atomic E-state index is -3.23. The number of sulfonamides is 1. The summed E-state index contributed by atoms with van der Waals surface area (Å²) in [5.74, 6) is 0.0808. The van der Waals surface area contributed by atoms with Gasteiger partial charge in [0.25, 0.3) is 0 Å². The molecule has 18 heavy (non-hydrogen) atoms. The van der Waals surface area contributed by atoms with Crippen LogP contribution in [0, 0.1) is 0 Å². The number of hydrogen-bond acceptors (Lipinski definition) is 4. The molecule has 1 rings (SSSR count). The number of rotatable bonds is 8. The summed E-state index contributed by atoms with van der Waals surface area (Å²) in [5.41, 5.74) is 7.43. The summed E-state index contributed by atoms with van der Waals surface area (Å²) in [5, 5.41) is 0. The molecule has 0 saturated heterocycles. The van der Waals surface area contributed by atoms with Crippen molar-refractivity contribution in [1.82, 2.24) is 4.72 Å². The van der Waals surface area contributed by atoms with Crippen molar-refractivity contribution in [2.75, 3.05) is 19.5 Å². The van der Waals surface area contributed by atoms with Crippen molar-refractivity contribution in [1.29, 1.82) is 0 Å². The first-order chi connectivity index (χ1) is 8.57. The highest BCUT2D eigenvalue weighted by atomic mass is 32.2. The van der Waals surface area contributed by atoms with Crippen molar-refractivity contribution in [2.24, 2.45) is 5.73 Å². The SMILES string of the molecule is COCCCS(=O)(=O)NCc1cccc(CN)c1. The molecule has 5 nitrogen and oxygen atoms in total. The molecule has 0 saturated carbocycles. The van der Waals surface area contributed by atoms with Crippen molar-refractivity contribution in [3.05, 3.63) is 35.4 Å². The maximum atomic E-state index is 11.6. The van der Waals surface area contributed by atoms with Crippen molar-refractivity contribution < 1.29 is 13.2 Å². The van der Waals surface area contributed by atoms with Gasteiger partial charge in [0.1, 0.15) is 0 Å². The lowest BCUT2D eigenvalue weighted by Gasteiger charge is -2.07. The van der Waals surface area contributed by atoms with Gasteiger partial charge in [-0.3, -0.25) is 0 Å². The van der Waals surface area contributed by atoms with Crippen LogP contribution < -0.4 is 10.5 Å². The second-order valence-corrected chi connectivity index (χ2v) is 5.94. The van der Waals surface area contributed by atoms with E-state index in [0.29, 0.717) is 26.1 Å². The largest absolute Gasteiger partial charge is 0.385 e. The highest BCUT2D eigenvalue weighted by Crippen LogP contribution is 2.05. The summed E-state index contributed by atoms with van der Waals surface area (Å²) >= 11 is 0. The van der Waals surface area contributed by atoms with E-state index in [1.165, 1.54) is 0 Å². The fourth-order valence-electron chi connectivity index (χ4n) is 1.53. The van der Waals surface area contributed by atoms with Gasteiger partial charge in [0.05, 0.1) is 5.75 Å². The minimum absolute atomic E-state index is 0.0808. The maximum Gasteiger partial charge on any atom is 0.211 e. The molecule has 0 aliphatic heterocycles. The lowest BCUT2D eigenvalue weighted by molar-refractivity contribution is 0.199. The third kappa shape index (κ3) is 5.59. The molecule has 0 radical (unpaired) electrons. The summed E-state index contributed by atoms with van der Waals surface area (Å²) in [7, 11) is -1.68. The average Bonchev–Trinajstić information content (AvgIpc) is 2.37. The molecule has 0 amide bonds. The van der Waals surface area contributed by atoms with Gasteiger partial charge in [0.2, 0.25) is 10.0 Å². The first kappa shape index (κ1) is 15.1. The van der Waals surface area contributed by atoms with E-state index in [-0.39, 0.29) is 5.75 Å². The van der Waals surface area contributed by atoms with Crippen molar-refractivity contribution in [2.45, 2.75) is 19.5 Å². The zero-order valence-electron chi connectivity index (χ0n) is 10.6. The lowest BCUT2D eigenvalue weighted by atomic mass is 10.1. The Balaban J connectivity index is 2.48. The van der Waals surface area contributed by atoms with E-state index < -0.39 is 10.0 Å². The van der Waals surface area contributed by atoms with Crippen LogP contribution in [0.4, 0.5) is 0 Å². The molecule has 0 fully saturated rings. The van der Waals surface area contributed by atoms with Crippen LogP contribution in [-0.4, -0.2) is 27.9 Å². The van der Waals surface area contributed by atoms with E-state index in [1.54, 1.807) is 7.11 Å². The molecule has 0 aliphatic carbocycles. The molecule has 0 aliphatic rings. The third-order valence-corrected chi connectivity index (χ3v) is 3.90. The van der Waals surface area contributed by atoms with Gasteiger partial charge in [0, 0.05) is 26.8 Å². The van der Waals surface area contributed by atoms with E-state index in [2.05, 4.69) is 4.72 Å². The fraction of sp³-hybridized carbons (Fsp3) is 0.500. The van der Waals surface area contributed by atoms with E-state index in [1.807, 2.05) is 24.3 Å². The van der Waals surface area contributed by atoms with Crippen LogP contribution in [0.15, 0.2) is 24.3 Å². The zero-order chi connectivity index (χ0) is 13.4. The van der Waals surface area contributed by atoms with Gasteiger partial charge in [-0.1, -0.05) is 24.3 Å². The van der Waals surface area contributed by atoms with Crippen LogP contribution in [0.1, 0.15) is 17.5 Å². The van der Waals surface area contributed by atoms with Crippen LogP contribution in [0.2, 0.25) is 0 Å². The molecule has 3 N–H and O–H groups in total. The molecule has 0 atom stereocenters. The van der Waals surface area contributed by atoms with E-state index in [9.17, 15) is 8.42 Å². The third-order valence-electron chi connectivity index (χ3n) is 2.48. The van der Waals surface area contributed by atoms with Gasteiger partial charge in [-0.15, -0.1) is 0 Å². The molecular formula is C12H20N2O3S. The molecule has 1 aromatic carbocycles. The minimum Gasteiger partial charge on any atom is -0.385 e. The Hall–Kier alpha value is -0.950. The Kier molecular flexibility index (Phi) is 6.28. The number of ether oxygens (including phenoxy) is 1. The van der Waals surface area contributed by atoms with E-state index >= 15 is 0 Å². The summed E-state index contributed by atoms with van der Waals surface area (Å²) < 4.78 is 30.7. The average molecular weight is 272 g/mol. The quantitative estimate of drug-likeness (QED) is 0.679. The summed E-state index contributed by atoms with van der Waals surface area (Å²) in [4.78, 5) is 0. The lowest BCUT2D eigenvalue weighted by Crippen LogP contribution is -2.26. The molecule has 0 bridgehead atoms. The number of methoxy groups -OCH3 is 1. The summed E-state index contributed by atoms with van der Waals surface area (Å²) in [6.45, 7) is 1.20.